The molecular formula is C23H24ClN3O3. The van der Waals surface area contributed by atoms with Crippen molar-refractivity contribution in [3.63, 3.8) is 0 Å². The van der Waals surface area contributed by atoms with Gasteiger partial charge in [0, 0.05) is 50.3 Å². The second kappa shape index (κ2) is 8.71. The molecule has 1 aliphatic heterocycles. The van der Waals surface area contributed by atoms with Gasteiger partial charge in [-0.15, -0.1) is 0 Å². The van der Waals surface area contributed by atoms with E-state index in [0.717, 1.165) is 30.2 Å². The molecule has 0 aliphatic carbocycles. The van der Waals surface area contributed by atoms with Crippen LogP contribution in [-0.2, 0) is 0 Å². The highest BCUT2D eigenvalue weighted by Crippen LogP contribution is 2.31. The molecule has 1 amide bonds. The van der Waals surface area contributed by atoms with Crippen molar-refractivity contribution in [3.05, 3.63) is 71.5 Å². The topological polar surface area (TPSA) is 46.9 Å². The number of benzene rings is 2. The minimum Gasteiger partial charge on any atom is -0.497 e. The number of carbonyl (C=O) groups is 1. The minimum absolute atomic E-state index is 0.0674. The van der Waals surface area contributed by atoms with Crippen molar-refractivity contribution < 1.29 is 14.3 Å². The zero-order valence-electron chi connectivity index (χ0n) is 17.0. The van der Waals surface area contributed by atoms with Crippen LogP contribution in [0, 0.1) is 0 Å². The van der Waals surface area contributed by atoms with Crippen LogP contribution >= 0.6 is 11.6 Å². The van der Waals surface area contributed by atoms with Crippen molar-refractivity contribution in [2.75, 3.05) is 45.3 Å². The Kier molecular flexibility index (Phi) is 5.86. The van der Waals surface area contributed by atoms with Gasteiger partial charge in [0.05, 0.1) is 30.5 Å². The molecule has 0 unspecified atom stereocenters. The van der Waals surface area contributed by atoms with Crippen LogP contribution in [0.15, 0.2) is 60.9 Å². The molecule has 156 valence electrons. The number of rotatable bonds is 5. The smallest absolute Gasteiger partial charge is 0.257 e. The first-order chi connectivity index (χ1) is 14.6. The number of hydrogen-bond donors (Lipinski definition) is 0. The molecule has 1 aromatic heterocycles. The fourth-order valence-electron chi connectivity index (χ4n) is 3.70. The fraction of sp³-hybridized carbons (Fsp3) is 0.261. The summed E-state index contributed by atoms with van der Waals surface area (Å²) in [4.78, 5) is 17.3. The number of ether oxygens (including phenoxy) is 2. The summed E-state index contributed by atoms with van der Waals surface area (Å²) in [5.74, 6) is 1.28. The highest BCUT2D eigenvalue weighted by molar-refractivity contribution is 6.33. The number of hydrogen-bond acceptors (Lipinski definition) is 4. The Labute approximate surface area is 181 Å². The lowest BCUT2D eigenvalue weighted by Gasteiger charge is -2.36. The number of anilines is 1. The van der Waals surface area contributed by atoms with Crippen molar-refractivity contribution in [2.24, 2.45) is 0 Å². The van der Waals surface area contributed by atoms with E-state index in [1.165, 1.54) is 0 Å². The Morgan fingerprint density at radius 2 is 1.60 bits per heavy atom. The summed E-state index contributed by atoms with van der Waals surface area (Å²) in [6, 6.07) is 15.3. The molecule has 0 spiro atoms. The molecule has 7 heteroatoms. The van der Waals surface area contributed by atoms with E-state index in [4.69, 9.17) is 21.1 Å². The van der Waals surface area contributed by atoms with Gasteiger partial charge in [0.15, 0.2) is 0 Å². The predicted molar refractivity (Wildman–Crippen MR) is 118 cm³/mol. The van der Waals surface area contributed by atoms with Gasteiger partial charge in [-0.1, -0.05) is 11.6 Å². The molecule has 2 aromatic carbocycles. The van der Waals surface area contributed by atoms with Gasteiger partial charge >= 0.3 is 0 Å². The first kappa shape index (κ1) is 20.2. The molecule has 4 rings (SSSR count). The average Bonchev–Trinajstić information content (AvgIpc) is 3.33. The molecular weight excluding hydrogens is 402 g/mol. The maximum Gasteiger partial charge on any atom is 0.257 e. The van der Waals surface area contributed by atoms with Crippen molar-refractivity contribution in [2.45, 2.75) is 0 Å². The van der Waals surface area contributed by atoms with Crippen molar-refractivity contribution in [1.82, 2.24) is 9.47 Å². The lowest BCUT2D eigenvalue weighted by Crippen LogP contribution is -2.48. The van der Waals surface area contributed by atoms with Gasteiger partial charge in [-0.25, -0.2) is 0 Å². The van der Waals surface area contributed by atoms with Gasteiger partial charge < -0.3 is 23.8 Å². The molecule has 30 heavy (non-hydrogen) atoms. The van der Waals surface area contributed by atoms with Crippen LogP contribution in [-0.4, -0.2) is 55.8 Å². The van der Waals surface area contributed by atoms with E-state index >= 15 is 0 Å². The normalized spacial score (nSPS) is 14.0. The summed E-state index contributed by atoms with van der Waals surface area (Å²) >= 11 is 6.50. The molecule has 1 fully saturated rings. The third-order valence-corrected chi connectivity index (χ3v) is 5.69. The highest BCUT2D eigenvalue weighted by Gasteiger charge is 2.25. The second-order valence-corrected chi connectivity index (χ2v) is 7.48. The van der Waals surface area contributed by atoms with Crippen LogP contribution in [0.2, 0.25) is 5.02 Å². The first-order valence-corrected chi connectivity index (χ1v) is 10.2. The molecule has 6 nitrogen and oxygen atoms in total. The highest BCUT2D eigenvalue weighted by atomic mass is 35.5. The predicted octanol–water partition coefficient (Wildman–Crippen LogP) is 4.11. The van der Waals surface area contributed by atoms with E-state index in [9.17, 15) is 4.79 Å². The number of nitrogens with zero attached hydrogens (tertiary/aromatic N) is 3. The van der Waals surface area contributed by atoms with Crippen LogP contribution in [0.25, 0.3) is 5.69 Å². The van der Waals surface area contributed by atoms with E-state index in [2.05, 4.69) is 4.90 Å². The average molecular weight is 426 g/mol. The Balaban J connectivity index is 1.49. The molecule has 1 saturated heterocycles. The van der Waals surface area contributed by atoms with Gasteiger partial charge in [0.2, 0.25) is 0 Å². The Hall–Kier alpha value is -3.12. The molecule has 0 saturated carbocycles. The van der Waals surface area contributed by atoms with E-state index in [1.54, 1.807) is 20.3 Å². The standard InChI is InChI=1S/C23H24ClN3O3/c1-29-18-7-5-17(6-8-18)25-11-13-27(14-12-25)23(28)19-15-20(24)21(16-22(19)30-2)26-9-3-4-10-26/h3-10,15-16H,11-14H2,1-2H3. The van der Waals surface area contributed by atoms with Crippen LogP contribution in [0.3, 0.4) is 0 Å². The third-order valence-electron chi connectivity index (χ3n) is 5.39. The van der Waals surface area contributed by atoms with Crippen molar-refractivity contribution >= 4 is 23.2 Å². The van der Waals surface area contributed by atoms with Gasteiger partial charge in [0.1, 0.15) is 11.5 Å². The summed E-state index contributed by atoms with van der Waals surface area (Å²) in [6.45, 7) is 2.78. The van der Waals surface area contributed by atoms with E-state index in [-0.39, 0.29) is 5.91 Å². The molecule has 0 bridgehead atoms. The summed E-state index contributed by atoms with van der Waals surface area (Å²) in [7, 11) is 3.23. The summed E-state index contributed by atoms with van der Waals surface area (Å²) in [6.07, 6.45) is 3.81. The maximum absolute atomic E-state index is 13.2. The van der Waals surface area contributed by atoms with E-state index in [0.29, 0.717) is 29.4 Å². The SMILES string of the molecule is COc1ccc(N2CCN(C(=O)c3cc(Cl)c(-n4cccc4)cc3OC)CC2)cc1. The van der Waals surface area contributed by atoms with Gasteiger partial charge in [0.25, 0.3) is 5.91 Å². The Morgan fingerprint density at radius 3 is 2.20 bits per heavy atom. The van der Waals surface area contributed by atoms with Crippen molar-refractivity contribution in [1.29, 1.82) is 0 Å². The lowest BCUT2D eigenvalue weighted by molar-refractivity contribution is 0.0743. The summed E-state index contributed by atoms with van der Waals surface area (Å²) < 4.78 is 12.6. The Morgan fingerprint density at radius 1 is 0.933 bits per heavy atom. The molecule has 0 atom stereocenters. The lowest BCUT2D eigenvalue weighted by atomic mass is 10.1. The monoisotopic (exact) mass is 425 g/mol. The number of piperazine rings is 1. The number of methoxy groups -OCH3 is 2. The van der Waals surface area contributed by atoms with Crippen LogP contribution < -0.4 is 14.4 Å². The largest absolute Gasteiger partial charge is 0.497 e. The minimum atomic E-state index is -0.0674. The van der Waals surface area contributed by atoms with Gasteiger partial charge in [-0.05, 0) is 42.5 Å². The number of aromatic nitrogens is 1. The number of amides is 1. The summed E-state index contributed by atoms with van der Waals surface area (Å²) in [5.41, 5.74) is 2.38. The summed E-state index contributed by atoms with van der Waals surface area (Å²) in [5, 5.41) is 0.507. The fourth-order valence-corrected chi connectivity index (χ4v) is 3.96. The molecule has 2 heterocycles. The molecule has 1 aliphatic rings. The van der Waals surface area contributed by atoms with E-state index in [1.807, 2.05) is 64.3 Å². The quantitative estimate of drug-likeness (QED) is 0.617. The van der Waals surface area contributed by atoms with Crippen LogP contribution in [0.5, 0.6) is 11.5 Å². The number of carbonyl (C=O) groups excluding carboxylic acids is 1. The van der Waals surface area contributed by atoms with Crippen LogP contribution in [0.4, 0.5) is 5.69 Å². The molecule has 0 N–H and O–H groups in total. The zero-order valence-corrected chi connectivity index (χ0v) is 17.8. The Bertz CT molecular complexity index is 1010. The zero-order chi connectivity index (χ0) is 21.1. The van der Waals surface area contributed by atoms with Gasteiger partial charge in [-0.2, -0.15) is 0 Å². The maximum atomic E-state index is 13.2. The number of halogens is 1. The second-order valence-electron chi connectivity index (χ2n) is 7.07. The molecule has 3 aromatic rings. The van der Waals surface area contributed by atoms with E-state index < -0.39 is 0 Å². The van der Waals surface area contributed by atoms with Gasteiger partial charge in [-0.3, -0.25) is 4.79 Å². The first-order valence-electron chi connectivity index (χ1n) is 9.80. The van der Waals surface area contributed by atoms with Crippen molar-refractivity contribution in [3.8, 4) is 17.2 Å². The third kappa shape index (κ3) is 3.96. The van der Waals surface area contributed by atoms with Crippen LogP contribution in [0.1, 0.15) is 10.4 Å². The molecule has 0 radical (unpaired) electrons.